The number of aromatic nitrogens is 3. The Balaban J connectivity index is 1.07. The molecule has 1 atom stereocenters. The number of carbonyl (C=O) groups is 1. The summed E-state index contributed by atoms with van der Waals surface area (Å²) in [7, 11) is 0. The zero-order valence-corrected chi connectivity index (χ0v) is 28.6. The minimum Gasteiger partial charge on any atom is -0.455 e. The van der Waals surface area contributed by atoms with Crippen LogP contribution in [0, 0.1) is 0 Å². The van der Waals surface area contributed by atoms with E-state index in [1.54, 1.807) is 29.4 Å². The molecule has 1 amide bonds. The Morgan fingerprint density at radius 3 is 2.62 bits per heavy atom. The molecule has 0 radical (unpaired) electrons. The van der Waals surface area contributed by atoms with Crippen molar-refractivity contribution in [3.63, 3.8) is 0 Å². The number of aromatic amines is 1. The summed E-state index contributed by atoms with van der Waals surface area (Å²) < 4.78 is 54.6. The quantitative estimate of drug-likeness (QED) is 0.207. The highest BCUT2D eigenvalue weighted by Crippen LogP contribution is 2.37. The molecule has 7 rings (SSSR count). The zero-order valence-electron chi connectivity index (χ0n) is 28.6. The van der Waals surface area contributed by atoms with Crippen molar-refractivity contribution >= 4 is 22.5 Å². The molecule has 0 bridgehead atoms. The molecule has 3 aliphatic heterocycles. The Labute approximate surface area is 290 Å². The number of ether oxygens (including phenoxy) is 2. The standard InChI is InChI=1S/C38H43F3N6O3/c1-3-26-23-47(35(48)18-25-5-6-28(32(17-25)38(39,40)41)22-46-13-11-45(4-2)12-14-46)24-29-19-30(21-43-36(26)29)50-34-7-10-42-37-31(34)20-33(44-37)27-8-15-49-16-9-27/h5-8,10,17,19-21,26H,3-4,9,11-16,18,22-24H2,1-2H3,(H,42,44). The largest absolute Gasteiger partial charge is 0.455 e. The van der Waals surface area contributed by atoms with Crippen molar-refractivity contribution in [3.8, 4) is 11.5 Å². The number of likely N-dealkylation sites (N-methyl/N-ethyl adjacent to an activating group) is 1. The predicted molar refractivity (Wildman–Crippen MR) is 185 cm³/mol. The fourth-order valence-electron chi connectivity index (χ4n) is 7.27. The first-order valence-electron chi connectivity index (χ1n) is 17.5. The van der Waals surface area contributed by atoms with Crippen molar-refractivity contribution in [1.82, 2.24) is 29.7 Å². The lowest BCUT2D eigenvalue weighted by Gasteiger charge is -2.34. The van der Waals surface area contributed by atoms with Gasteiger partial charge in [-0.05, 0) is 65.9 Å². The number of hydrogen-bond acceptors (Lipinski definition) is 7. The second-order valence-corrected chi connectivity index (χ2v) is 13.4. The van der Waals surface area contributed by atoms with Gasteiger partial charge in [0.2, 0.25) is 5.91 Å². The Kier molecular flexibility index (Phi) is 9.94. The summed E-state index contributed by atoms with van der Waals surface area (Å²) >= 11 is 0. The number of pyridine rings is 2. The molecule has 1 fully saturated rings. The molecule has 3 aliphatic rings. The van der Waals surface area contributed by atoms with E-state index >= 15 is 0 Å². The number of piperazine rings is 1. The minimum atomic E-state index is -4.51. The number of nitrogens with one attached hydrogen (secondary N) is 1. The van der Waals surface area contributed by atoms with Gasteiger partial charge in [-0.2, -0.15) is 13.2 Å². The average molecular weight is 689 g/mol. The van der Waals surface area contributed by atoms with Gasteiger partial charge >= 0.3 is 6.18 Å². The van der Waals surface area contributed by atoms with Crippen molar-refractivity contribution in [1.29, 1.82) is 0 Å². The summed E-state index contributed by atoms with van der Waals surface area (Å²) in [6.07, 6.45) is 2.44. The van der Waals surface area contributed by atoms with E-state index in [1.165, 1.54) is 11.6 Å². The number of rotatable bonds is 9. The Hall–Kier alpha value is -4.26. The summed E-state index contributed by atoms with van der Waals surface area (Å²) in [5.74, 6) is 0.963. The van der Waals surface area contributed by atoms with E-state index < -0.39 is 11.7 Å². The molecule has 12 heteroatoms. The van der Waals surface area contributed by atoms with Gasteiger partial charge in [-0.1, -0.05) is 32.1 Å². The van der Waals surface area contributed by atoms with Crippen LogP contribution in [-0.2, 0) is 35.2 Å². The number of halogens is 3. The van der Waals surface area contributed by atoms with Crippen molar-refractivity contribution in [2.24, 2.45) is 0 Å². The number of amides is 1. The maximum absolute atomic E-state index is 14.3. The number of nitrogens with zero attached hydrogens (tertiary/aromatic N) is 5. The van der Waals surface area contributed by atoms with E-state index in [1.807, 2.05) is 18.2 Å². The Morgan fingerprint density at radius 2 is 1.88 bits per heavy atom. The van der Waals surface area contributed by atoms with Gasteiger partial charge in [0.1, 0.15) is 17.1 Å². The number of H-pyrrole nitrogens is 1. The van der Waals surface area contributed by atoms with Gasteiger partial charge in [0.15, 0.2) is 0 Å². The lowest BCUT2D eigenvalue weighted by Crippen LogP contribution is -2.45. The van der Waals surface area contributed by atoms with Gasteiger partial charge in [-0.25, -0.2) is 4.98 Å². The van der Waals surface area contributed by atoms with Crippen LogP contribution in [0.1, 0.15) is 66.2 Å². The van der Waals surface area contributed by atoms with E-state index in [0.717, 1.165) is 73.6 Å². The molecule has 1 aromatic carbocycles. The average Bonchev–Trinajstić information content (AvgIpc) is 3.57. The molecule has 6 heterocycles. The number of fused-ring (bicyclic) bond motifs is 2. The van der Waals surface area contributed by atoms with Crippen LogP contribution in [0.2, 0.25) is 0 Å². The maximum Gasteiger partial charge on any atom is 0.416 e. The van der Waals surface area contributed by atoms with Crippen molar-refractivity contribution in [2.75, 3.05) is 52.5 Å². The van der Waals surface area contributed by atoms with Crippen LogP contribution in [-0.4, -0.2) is 88.0 Å². The van der Waals surface area contributed by atoms with Crippen LogP contribution >= 0.6 is 0 Å². The van der Waals surface area contributed by atoms with E-state index in [0.29, 0.717) is 43.4 Å². The van der Waals surface area contributed by atoms with Gasteiger partial charge in [0.05, 0.1) is 42.5 Å². The first-order chi connectivity index (χ1) is 24.2. The SMILES string of the molecule is CCC1CN(C(=O)Cc2ccc(CN3CCN(CC)CC3)c(C(F)(F)F)c2)Cc2cc(Oc3ccnc4[nH]c(C5=CCOCC5)cc34)cnc21. The van der Waals surface area contributed by atoms with Crippen LogP contribution in [0.4, 0.5) is 13.2 Å². The van der Waals surface area contributed by atoms with E-state index in [4.69, 9.17) is 14.5 Å². The smallest absolute Gasteiger partial charge is 0.416 e. The van der Waals surface area contributed by atoms with Crippen LogP contribution in [0.15, 0.2) is 54.9 Å². The summed E-state index contributed by atoms with van der Waals surface area (Å²) in [5.41, 5.74) is 4.62. The summed E-state index contributed by atoms with van der Waals surface area (Å²) in [6, 6.07) is 10.2. The Morgan fingerprint density at radius 1 is 1.06 bits per heavy atom. The highest BCUT2D eigenvalue weighted by molar-refractivity contribution is 5.87. The second kappa shape index (κ2) is 14.5. The monoisotopic (exact) mass is 688 g/mol. The molecular weight excluding hydrogens is 645 g/mol. The molecule has 9 nitrogen and oxygen atoms in total. The normalized spacial score (nSPS) is 19.0. The van der Waals surface area contributed by atoms with Crippen LogP contribution in [0.5, 0.6) is 11.5 Å². The van der Waals surface area contributed by atoms with Crippen molar-refractivity contribution < 1.29 is 27.4 Å². The molecule has 3 aromatic heterocycles. The fourth-order valence-corrected chi connectivity index (χ4v) is 7.27. The number of benzene rings is 1. The van der Waals surface area contributed by atoms with Gasteiger partial charge in [0.25, 0.3) is 0 Å². The molecule has 0 saturated carbocycles. The number of carbonyl (C=O) groups excluding carboxylic acids is 1. The van der Waals surface area contributed by atoms with Gasteiger partial charge in [-0.3, -0.25) is 14.7 Å². The third-order valence-electron chi connectivity index (χ3n) is 10.2. The van der Waals surface area contributed by atoms with E-state index in [9.17, 15) is 18.0 Å². The fraction of sp³-hybridized carbons (Fsp3) is 0.447. The maximum atomic E-state index is 14.3. The Bertz CT molecular complexity index is 1880. The van der Waals surface area contributed by atoms with Gasteiger partial charge < -0.3 is 24.3 Å². The topological polar surface area (TPSA) is 86.8 Å². The van der Waals surface area contributed by atoms with Crippen LogP contribution in [0.25, 0.3) is 16.6 Å². The lowest BCUT2D eigenvalue weighted by atomic mass is 9.92. The molecule has 1 saturated heterocycles. The van der Waals surface area contributed by atoms with Gasteiger partial charge in [0, 0.05) is 63.6 Å². The highest BCUT2D eigenvalue weighted by atomic mass is 19.4. The number of alkyl halides is 3. The summed E-state index contributed by atoms with van der Waals surface area (Å²) in [6.45, 7) is 10.5. The second-order valence-electron chi connectivity index (χ2n) is 13.4. The molecule has 50 heavy (non-hydrogen) atoms. The predicted octanol–water partition coefficient (Wildman–Crippen LogP) is 6.79. The first kappa shape index (κ1) is 34.2. The molecule has 1 unspecified atom stereocenters. The summed E-state index contributed by atoms with van der Waals surface area (Å²) in [5, 5.41) is 0.846. The minimum absolute atomic E-state index is 0.00523. The molecule has 0 aliphatic carbocycles. The molecule has 1 N–H and O–H groups in total. The first-order valence-corrected chi connectivity index (χ1v) is 17.5. The van der Waals surface area contributed by atoms with Crippen LogP contribution < -0.4 is 4.74 Å². The molecule has 264 valence electrons. The number of hydrogen-bond donors (Lipinski definition) is 1. The van der Waals surface area contributed by atoms with E-state index in [-0.39, 0.29) is 30.4 Å². The lowest BCUT2D eigenvalue weighted by molar-refractivity contribution is -0.139. The highest BCUT2D eigenvalue weighted by Gasteiger charge is 2.35. The van der Waals surface area contributed by atoms with Crippen molar-refractivity contribution in [3.05, 3.63) is 88.5 Å². The molecular formula is C38H43F3N6O3. The van der Waals surface area contributed by atoms with Gasteiger partial charge in [-0.15, -0.1) is 0 Å². The third-order valence-corrected chi connectivity index (χ3v) is 10.2. The van der Waals surface area contributed by atoms with Crippen molar-refractivity contribution in [2.45, 2.75) is 58.3 Å². The third kappa shape index (κ3) is 7.42. The zero-order chi connectivity index (χ0) is 34.8. The summed E-state index contributed by atoms with van der Waals surface area (Å²) in [4.78, 5) is 32.4. The van der Waals surface area contributed by atoms with Crippen LogP contribution in [0.3, 0.4) is 0 Å². The van der Waals surface area contributed by atoms with E-state index in [2.05, 4.69) is 39.7 Å². The molecule has 4 aromatic rings. The molecule has 0 spiro atoms.